The summed E-state index contributed by atoms with van der Waals surface area (Å²) in [6.07, 6.45) is 0.198. The summed E-state index contributed by atoms with van der Waals surface area (Å²) in [6, 6.07) is 19.0. The lowest BCUT2D eigenvalue weighted by Crippen LogP contribution is -2.29. The molecule has 4 rings (SSSR count). The highest BCUT2D eigenvalue weighted by Gasteiger charge is 2.30. The van der Waals surface area contributed by atoms with Crippen molar-refractivity contribution in [3.63, 3.8) is 0 Å². The number of hydrogen-bond donors (Lipinski definition) is 4. The molecule has 0 aliphatic rings. The molecule has 40 heavy (non-hydrogen) atoms. The molecule has 8 heteroatoms. The molecule has 0 spiro atoms. The van der Waals surface area contributed by atoms with Crippen molar-refractivity contribution in [1.29, 1.82) is 0 Å². The number of fused-ring (bicyclic) bond motifs is 1. The molecule has 0 aliphatic carbocycles. The van der Waals surface area contributed by atoms with Crippen LogP contribution in [0.25, 0.3) is 22.0 Å². The van der Waals surface area contributed by atoms with Crippen LogP contribution >= 0.6 is 0 Å². The van der Waals surface area contributed by atoms with E-state index < -0.39 is 17.6 Å². The van der Waals surface area contributed by atoms with Gasteiger partial charge in [-0.25, -0.2) is 4.79 Å². The van der Waals surface area contributed by atoms with Crippen LogP contribution in [0.15, 0.2) is 66.9 Å². The summed E-state index contributed by atoms with van der Waals surface area (Å²) in [5.74, 6) is -0.411. The molecule has 208 valence electrons. The predicted molar refractivity (Wildman–Crippen MR) is 157 cm³/mol. The SMILES string of the molecule is CNC(=O)c1c[nH]c(-c2cc(C(C)NC(=O)c3cc(C(OC(N)=O)C(C)(C)C)ccc3C)c3ccccc3c2)c1. The molecule has 0 saturated heterocycles. The Morgan fingerprint density at radius 3 is 2.38 bits per heavy atom. The number of primary amides is 1. The fourth-order valence-corrected chi connectivity index (χ4v) is 4.95. The quantitative estimate of drug-likeness (QED) is 0.223. The van der Waals surface area contributed by atoms with Gasteiger partial charge >= 0.3 is 6.09 Å². The van der Waals surface area contributed by atoms with Crippen molar-refractivity contribution >= 4 is 28.7 Å². The van der Waals surface area contributed by atoms with Gasteiger partial charge in [0.1, 0.15) is 6.10 Å². The molecule has 8 nitrogen and oxygen atoms in total. The monoisotopic (exact) mass is 540 g/mol. The van der Waals surface area contributed by atoms with Crippen LogP contribution < -0.4 is 16.4 Å². The average molecular weight is 541 g/mol. The molecule has 1 aromatic heterocycles. The first-order valence-corrected chi connectivity index (χ1v) is 13.2. The Hall–Kier alpha value is -4.59. The third-order valence-corrected chi connectivity index (χ3v) is 7.02. The van der Waals surface area contributed by atoms with Crippen LogP contribution in [0.4, 0.5) is 4.79 Å². The predicted octanol–water partition coefficient (Wildman–Crippen LogP) is 6.18. The van der Waals surface area contributed by atoms with Crippen LogP contribution in [0.3, 0.4) is 0 Å². The Balaban J connectivity index is 1.69. The van der Waals surface area contributed by atoms with Gasteiger partial charge < -0.3 is 26.1 Å². The number of nitrogens with two attached hydrogens (primary N) is 1. The number of ether oxygens (including phenoxy) is 1. The van der Waals surface area contributed by atoms with Gasteiger partial charge in [0.2, 0.25) is 0 Å². The number of rotatable bonds is 7. The lowest BCUT2D eigenvalue weighted by molar-refractivity contribution is 0.0359. The fraction of sp³-hybridized carbons (Fsp3) is 0.281. The Bertz CT molecular complexity index is 1580. The van der Waals surface area contributed by atoms with E-state index in [9.17, 15) is 14.4 Å². The number of amides is 3. The minimum Gasteiger partial charge on any atom is -0.441 e. The molecule has 0 fully saturated rings. The molecule has 1 heterocycles. The second-order valence-corrected chi connectivity index (χ2v) is 11.1. The van der Waals surface area contributed by atoms with Crippen LogP contribution in [-0.2, 0) is 4.74 Å². The topological polar surface area (TPSA) is 126 Å². The van der Waals surface area contributed by atoms with Crippen LogP contribution in [0.2, 0.25) is 0 Å². The number of aromatic nitrogens is 1. The minimum atomic E-state index is -0.864. The normalized spacial score (nSPS) is 12.9. The van der Waals surface area contributed by atoms with Crippen LogP contribution in [0.1, 0.15) is 77.2 Å². The van der Waals surface area contributed by atoms with E-state index in [4.69, 9.17) is 10.5 Å². The molecule has 2 unspecified atom stereocenters. The largest absolute Gasteiger partial charge is 0.441 e. The number of carbonyl (C=O) groups excluding carboxylic acids is 3. The minimum absolute atomic E-state index is 0.170. The molecule has 0 aliphatic heterocycles. The van der Waals surface area contributed by atoms with E-state index in [-0.39, 0.29) is 17.9 Å². The van der Waals surface area contributed by atoms with Crippen molar-refractivity contribution in [1.82, 2.24) is 15.6 Å². The highest BCUT2D eigenvalue weighted by atomic mass is 16.6. The van der Waals surface area contributed by atoms with Gasteiger partial charge in [-0.3, -0.25) is 9.59 Å². The van der Waals surface area contributed by atoms with Gasteiger partial charge in [0.15, 0.2) is 0 Å². The molecule has 4 aromatic rings. The van der Waals surface area contributed by atoms with E-state index in [0.29, 0.717) is 16.7 Å². The van der Waals surface area contributed by atoms with Crippen molar-refractivity contribution in [3.05, 3.63) is 94.7 Å². The first-order chi connectivity index (χ1) is 18.9. The summed E-state index contributed by atoms with van der Waals surface area (Å²) in [6.45, 7) is 9.66. The fourth-order valence-electron chi connectivity index (χ4n) is 4.95. The molecule has 0 radical (unpaired) electrons. The summed E-state index contributed by atoms with van der Waals surface area (Å²) in [5, 5.41) is 7.83. The second kappa shape index (κ2) is 11.3. The third-order valence-electron chi connectivity index (χ3n) is 7.02. The molecule has 3 amide bonds. The molecule has 3 aromatic carbocycles. The number of hydrogen-bond acceptors (Lipinski definition) is 4. The zero-order valence-electron chi connectivity index (χ0n) is 23.7. The van der Waals surface area contributed by atoms with Crippen LogP contribution in [0, 0.1) is 12.3 Å². The summed E-state index contributed by atoms with van der Waals surface area (Å²) in [7, 11) is 1.60. The number of aromatic amines is 1. The molecular formula is C32H36N4O4. The Morgan fingerprint density at radius 1 is 0.975 bits per heavy atom. The van der Waals surface area contributed by atoms with Gasteiger partial charge in [-0.05, 0) is 71.1 Å². The summed E-state index contributed by atoms with van der Waals surface area (Å²) < 4.78 is 5.43. The van der Waals surface area contributed by atoms with E-state index in [1.807, 2.05) is 83.1 Å². The summed E-state index contributed by atoms with van der Waals surface area (Å²) in [5.41, 5.74) is 10.1. The lowest BCUT2D eigenvalue weighted by atomic mass is 9.83. The highest BCUT2D eigenvalue weighted by Crippen LogP contribution is 2.37. The zero-order valence-corrected chi connectivity index (χ0v) is 23.7. The van der Waals surface area contributed by atoms with E-state index in [1.54, 1.807) is 19.3 Å². The van der Waals surface area contributed by atoms with E-state index in [0.717, 1.165) is 33.2 Å². The molecule has 0 saturated carbocycles. The van der Waals surface area contributed by atoms with Crippen LogP contribution in [0.5, 0.6) is 0 Å². The van der Waals surface area contributed by atoms with Crippen molar-refractivity contribution in [2.75, 3.05) is 7.05 Å². The van der Waals surface area contributed by atoms with Crippen LogP contribution in [-0.4, -0.2) is 29.9 Å². The van der Waals surface area contributed by atoms with Gasteiger partial charge in [-0.2, -0.15) is 0 Å². The van der Waals surface area contributed by atoms with Crippen molar-refractivity contribution in [2.45, 2.75) is 46.8 Å². The van der Waals surface area contributed by atoms with E-state index in [2.05, 4.69) is 21.7 Å². The Labute approximate surface area is 234 Å². The Kier molecular flexibility index (Phi) is 8.00. The smallest absolute Gasteiger partial charge is 0.405 e. The van der Waals surface area contributed by atoms with Gasteiger partial charge in [0, 0.05) is 29.9 Å². The first-order valence-electron chi connectivity index (χ1n) is 13.2. The zero-order chi connectivity index (χ0) is 29.2. The first kappa shape index (κ1) is 28.4. The third kappa shape index (κ3) is 6.01. The van der Waals surface area contributed by atoms with E-state index in [1.165, 1.54) is 0 Å². The average Bonchev–Trinajstić information content (AvgIpc) is 3.41. The molecule has 5 N–H and O–H groups in total. The molecular weight excluding hydrogens is 504 g/mol. The maximum atomic E-state index is 13.6. The number of nitrogens with one attached hydrogen (secondary N) is 3. The molecule has 0 bridgehead atoms. The van der Waals surface area contributed by atoms with Crippen molar-refractivity contribution in [2.24, 2.45) is 11.1 Å². The summed E-state index contributed by atoms with van der Waals surface area (Å²) in [4.78, 5) is 40.5. The van der Waals surface area contributed by atoms with Gasteiger partial charge in [-0.1, -0.05) is 57.2 Å². The molecule has 2 atom stereocenters. The summed E-state index contributed by atoms with van der Waals surface area (Å²) >= 11 is 0. The van der Waals surface area contributed by atoms with Gasteiger partial charge in [-0.15, -0.1) is 0 Å². The number of benzene rings is 3. The highest BCUT2D eigenvalue weighted by molar-refractivity contribution is 5.98. The number of aryl methyl sites for hydroxylation is 1. The maximum Gasteiger partial charge on any atom is 0.405 e. The van der Waals surface area contributed by atoms with E-state index >= 15 is 0 Å². The van der Waals surface area contributed by atoms with Gasteiger partial charge in [0.25, 0.3) is 11.8 Å². The van der Waals surface area contributed by atoms with Crippen molar-refractivity contribution < 1.29 is 19.1 Å². The second-order valence-electron chi connectivity index (χ2n) is 11.1. The maximum absolute atomic E-state index is 13.6. The lowest BCUT2D eigenvalue weighted by Gasteiger charge is -2.30. The number of H-pyrrole nitrogens is 1. The van der Waals surface area contributed by atoms with Crippen molar-refractivity contribution in [3.8, 4) is 11.3 Å². The van der Waals surface area contributed by atoms with Gasteiger partial charge in [0.05, 0.1) is 11.6 Å². The number of carbonyl (C=O) groups is 3. The standard InChI is InChI=1S/C32H36N4O4/c1-18-11-12-21(28(32(3,4)5)40-31(33)39)14-25(18)30(38)36-19(2)26-15-22(13-20-9-7-8-10-24(20)26)27-16-23(17-35-27)29(37)34-6/h7-17,19,28,35H,1-6H3,(H2,33,39)(H,34,37)(H,36,38). The Morgan fingerprint density at radius 2 is 1.70 bits per heavy atom.